The van der Waals surface area contributed by atoms with Crippen LogP contribution in [0.5, 0.6) is 5.75 Å². The van der Waals surface area contributed by atoms with E-state index >= 15 is 0 Å². The van der Waals surface area contributed by atoms with Crippen LogP contribution in [0.3, 0.4) is 0 Å². The molecule has 32 heavy (non-hydrogen) atoms. The van der Waals surface area contributed by atoms with Crippen molar-refractivity contribution in [3.05, 3.63) is 88.4 Å². The van der Waals surface area contributed by atoms with Crippen LogP contribution < -0.4 is 20.9 Å². The smallest absolute Gasteiger partial charge is 0.269 e. The lowest BCUT2D eigenvalue weighted by atomic mass is 10.0. The summed E-state index contributed by atoms with van der Waals surface area (Å²) < 4.78 is 6.25. The number of nitrogens with one attached hydrogen (secondary N) is 3. The fourth-order valence-electron chi connectivity index (χ4n) is 2.81. The topological polar surface area (TPSA) is 79.5 Å². The van der Waals surface area contributed by atoms with Crippen LogP contribution in [-0.2, 0) is 0 Å². The van der Waals surface area contributed by atoms with Gasteiger partial charge in [-0.3, -0.25) is 25.8 Å². The molecule has 0 spiro atoms. The van der Waals surface area contributed by atoms with E-state index in [9.17, 15) is 9.59 Å². The molecule has 0 aliphatic carbocycles. The number of thiocarbonyl (C=S) groups is 1. The van der Waals surface area contributed by atoms with Crippen molar-refractivity contribution in [3.8, 4) is 16.9 Å². The highest BCUT2D eigenvalue weighted by Gasteiger charge is 2.12. The zero-order valence-electron chi connectivity index (χ0n) is 17.4. The molecule has 3 N–H and O–H groups in total. The lowest BCUT2D eigenvalue weighted by Crippen LogP contribution is -2.48. The molecule has 0 saturated heterocycles. The van der Waals surface area contributed by atoms with Crippen molar-refractivity contribution in [2.45, 2.75) is 13.3 Å². The Morgan fingerprint density at radius 2 is 1.53 bits per heavy atom. The first-order valence-corrected chi connectivity index (χ1v) is 11.2. The minimum atomic E-state index is -0.410. The lowest BCUT2D eigenvalue weighted by molar-refractivity contribution is 0.0934. The van der Waals surface area contributed by atoms with Gasteiger partial charge in [0.2, 0.25) is 0 Å². The number of rotatable bonds is 6. The average Bonchev–Trinajstić information content (AvgIpc) is 2.82. The number of benzene rings is 3. The fraction of sp³-hybridized carbons (Fsp3) is 0.125. The van der Waals surface area contributed by atoms with E-state index in [1.54, 1.807) is 30.3 Å². The van der Waals surface area contributed by atoms with Crippen LogP contribution in [0.4, 0.5) is 0 Å². The molecule has 0 saturated carbocycles. The van der Waals surface area contributed by atoms with Crippen LogP contribution in [0, 0.1) is 0 Å². The summed E-state index contributed by atoms with van der Waals surface area (Å²) in [5.41, 5.74) is 7.96. The van der Waals surface area contributed by atoms with Crippen LogP contribution in [0.25, 0.3) is 11.1 Å². The van der Waals surface area contributed by atoms with Crippen molar-refractivity contribution in [2.24, 2.45) is 0 Å². The first-order valence-electron chi connectivity index (χ1n) is 9.97. The molecule has 0 heterocycles. The van der Waals surface area contributed by atoms with E-state index in [0.717, 1.165) is 17.5 Å². The SMILES string of the molecule is CCCOc1ccc(C(=O)NC(=S)NNC(=O)c2ccc(-c3ccccc3)cc2)cc1Br. The summed E-state index contributed by atoms with van der Waals surface area (Å²) >= 11 is 8.50. The summed E-state index contributed by atoms with van der Waals surface area (Å²) in [7, 11) is 0. The molecule has 3 aromatic rings. The van der Waals surface area contributed by atoms with Gasteiger partial charge >= 0.3 is 0 Å². The molecule has 3 rings (SSSR count). The quantitative estimate of drug-likeness (QED) is 0.325. The van der Waals surface area contributed by atoms with Gasteiger partial charge in [0.1, 0.15) is 5.75 Å². The predicted octanol–water partition coefficient (Wildman–Crippen LogP) is 4.85. The molecule has 0 aliphatic rings. The highest BCUT2D eigenvalue weighted by molar-refractivity contribution is 9.10. The maximum Gasteiger partial charge on any atom is 0.269 e. The molecule has 2 amide bonds. The molecule has 0 fully saturated rings. The van der Waals surface area contributed by atoms with Gasteiger partial charge in [-0.1, -0.05) is 49.4 Å². The van der Waals surface area contributed by atoms with Gasteiger partial charge in [-0.25, -0.2) is 0 Å². The van der Waals surface area contributed by atoms with Crippen LogP contribution in [0.2, 0.25) is 0 Å². The van der Waals surface area contributed by atoms with E-state index < -0.39 is 5.91 Å². The summed E-state index contributed by atoms with van der Waals surface area (Å²) in [5.74, 6) is -0.122. The molecule has 6 nitrogen and oxygen atoms in total. The Bertz CT molecular complexity index is 1110. The molecule has 0 atom stereocenters. The molecule has 0 radical (unpaired) electrons. The Morgan fingerprint density at radius 3 is 2.19 bits per heavy atom. The van der Waals surface area contributed by atoms with Crippen molar-refractivity contribution in [3.63, 3.8) is 0 Å². The highest BCUT2D eigenvalue weighted by atomic mass is 79.9. The van der Waals surface area contributed by atoms with Crippen LogP contribution in [-0.4, -0.2) is 23.5 Å². The van der Waals surface area contributed by atoms with Crippen LogP contribution in [0.1, 0.15) is 34.1 Å². The van der Waals surface area contributed by atoms with E-state index in [1.807, 2.05) is 49.4 Å². The van der Waals surface area contributed by atoms with Crippen LogP contribution in [0.15, 0.2) is 77.3 Å². The van der Waals surface area contributed by atoms with Gasteiger partial charge < -0.3 is 4.74 Å². The predicted molar refractivity (Wildman–Crippen MR) is 132 cm³/mol. The molecule has 8 heteroatoms. The van der Waals surface area contributed by atoms with Gasteiger partial charge in [0.15, 0.2) is 5.11 Å². The van der Waals surface area contributed by atoms with Gasteiger partial charge in [-0.2, -0.15) is 0 Å². The Kier molecular flexibility index (Phi) is 8.35. The Balaban J connectivity index is 1.51. The molecule has 0 unspecified atom stereocenters. The Morgan fingerprint density at radius 1 is 0.875 bits per heavy atom. The van der Waals surface area contributed by atoms with E-state index in [0.29, 0.717) is 28.0 Å². The first-order chi connectivity index (χ1) is 15.5. The van der Waals surface area contributed by atoms with Crippen LogP contribution >= 0.6 is 28.1 Å². The molecular weight excluding hydrogens is 490 g/mol. The number of hydrogen-bond acceptors (Lipinski definition) is 4. The first kappa shape index (κ1) is 23.4. The zero-order chi connectivity index (χ0) is 22.9. The standard InChI is InChI=1S/C24H22BrN3O3S/c1-2-14-31-21-13-12-19(15-20(21)25)22(29)26-24(32)28-27-23(30)18-10-8-17(9-11-18)16-6-4-3-5-7-16/h3-13,15H,2,14H2,1H3,(H,27,30)(H2,26,28,29,32). The summed E-state index contributed by atoms with van der Waals surface area (Å²) in [6, 6.07) is 22.1. The molecule has 0 aliphatic heterocycles. The highest BCUT2D eigenvalue weighted by Crippen LogP contribution is 2.26. The normalized spacial score (nSPS) is 10.2. The third-order valence-corrected chi connectivity index (χ3v) is 5.25. The number of hydrazine groups is 1. The van der Waals surface area contributed by atoms with Crippen molar-refractivity contribution in [2.75, 3.05) is 6.61 Å². The average molecular weight is 512 g/mol. The van der Waals surface area contributed by atoms with E-state index in [2.05, 4.69) is 32.1 Å². The van der Waals surface area contributed by atoms with E-state index in [4.69, 9.17) is 17.0 Å². The Hall–Kier alpha value is -3.23. The zero-order valence-corrected chi connectivity index (χ0v) is 19.8. The van der Waals surface area contributed by atoms with Gasteiger partial charge in [-0.05, 0) is 76.0 Å². The number of carbonyl (C=O) groups excluding carboxylic acids is 2. The summed E-state index contributed by atoms with van der Waals surface area (Å²) in [4.78, 5) is 24.8. The second kappa shape index (κ2) is 11.4. The molecule has 0 bridgehead atoms. The lowest BCUT2D eigenvalue weighted by Gasteiger charge is -2.12. The molecule has 0 aromatic heterocycles. The summed E-state index contributed by atoms with van der Waals surface area (Å²) in [5, 5.41) is 2.51. The second-order valence-corrected chi connectivity index (χ2v) is 8.06. The minimum Gasteiger partial charge on any atom is -0.492 e. The van der Waals surface area contributed by atoms with Gasteiger partial charge in [0.25, 0.3) is 11.8 Å². The van der Waals surface area contributed by atoms with Crippen molar-refractivity contribution >= 4 is 45.1 Å². The number of halogens is 1. The Labute approximate surface area is 200 Å². The number of ether oxygens (including phenoxy) is 1. The second-order valence-electron chi connectivity index (χ2n) is 6.80. The van der Waals surface area contributed by atoms with Gasteiger partial charge in [0, 0.05) is 11.1 Å². The van der Waals surface area contributed by atoms with Gasteiger partial charge in [-0.15, -0.1) is 0 Å². The van der Waals surface area contributed by atoms with Crippen molar-refractivity contribution in [1.29, 1.82) is 0 Å². The maximum absolute atomic E-state index is 12.4. The maximum atomic E-state index is 12.4. The largest absolute Gasteiger partial charge is 0.492 e. The molecular formula is C24H22BrN3O3S. The van der Waals surface area contributed by atoms with Crippen molar-refractivity contribution < 1.29 is 14.3 Å². The number of carbonyl (C=O) groups is 2. The minimum absolute atomic E-state index is 0.0216. The third-order valence-electron chi connectivity index (χ3n) is 4.43. The fourth-order valence-corrected chi connectivity index (χ4v) is 3.45. The summed E-state index contributed by atoms with van der Waals surface area (Å²) in [6.07, 6.45) is 0.886. The summed E-state index contributed by atoms with van der Waals surface area (Å²) in [6.45, 7) is 2.61. The molecule has 3 aromatic carbocycles. The van der Waals surface area contributed by atoms with E-state index in [1.165, 1.54) is 0 Å². The monoisotopic (exact) mass is 511 g/mol. The van der Waals surface area contributed by atoms with E-state index in [-0.39, 0.29) is 11.0 Å². The third kappa shape index (κ3) is 6.38. The number of amides is 2. The van der Waals surface area contributed by atoms with Crippen molar-refractivity contribution in [1.82, 2.24) is 16.2 Å². The number of hydrogen-bond donors (Lipinski definition) is 3. The van der Waals surface area contributed by atoms with Gasteiger partial charge in [0.05, 0.1) is 11.1 Å². The molecule has 164 valence electrons.